The number of hydrogen-bond donors (Lipinski definition) is 2. The zero-order valence-electron chi connectivity index (χ0n) is 14.7. The number of carbonyl (C=O) groups excluding carboxylic acids is 1. The molecule has 1 saturated heterocycles. The number of nitrogens with two attached hydrogens (primary N) is 1. The number of pyridine rings is 1. The summed E-state index contributed by atoms with van der Waals surface area (Å²) in [6.07, 6.45) is -0.818. The number of furan rings is 1. The van der Waals surface area contributed by atoms with E-state index in [1.165, 1.54) is 12.3 Å². The van der Waals surface area contributed by atoms with Gasteiger partial charge < -0.3 is 20.4 Å². The zero-order chi connectivity index (χ0) is 18.7. The van der Waals surface area contributed by atoms with Crippen LogP contribution in [0.5, 0.6) is 0 Å². The molecular weight excluding hydrogens is 420 g/mol. The van der Waals surface area contributed by atoms with Crippen LogP contribution in [0, 0.1) is 0 Å². The van der Waals surface area contributed by atoms with E-state index in [-0.39, 0.29) is 43.3 Å². The van der Waals surface area contributed by atoms with Gasteiger partial charge in [-0.15, -0.1) is 24.8 Å². The second-order valence-electron chi connectivity index (χ2n) is 6.14. The van der Waals surface area contributed by atoms with E-state index >= 15 is 0 Å². The molecule has 0 spiro atoms. The van der Waals surface area contributed by atoms with Crippen molar-refractivity contribution in [2.24, 2.45) is 5.73 Å². The third-order valence-electron chi connectivity index (χ3n) is 4.35. The average molecular weight is 441 g/mol. The molecule has 0 radical (unpaired) electrons. The number of alkyl halides is 3. The number of hydrogen-bond acceptors (Lipinski definition) is 5. The van der Waals surface area contributed by atoms with Gasteiger partial charge in [0.1, 0.15) is 17.8 Å². The fourth-order valence-corrected chi connectivity index (χ4v) is 2.87. The highest BCUT2D eigenvalue weighted by Gasteiger charge is 2.31. The van der Waals surface area contributed by atoms with Crippen molar-refractivity contribution in [1.82, 2.24) is 10.3 Å². The predicted octanol–water partition coefficient (Wildman–Crippen LogP) is 3.39. The van der Waals surface area contributed by atoms with Crippen LogP contribution in [-0.4, -0.2) is 30.0 Å². The lowest BCUT2D eigenvalue weighted by Crippen LogP contribution is -2.44. The first-order valence-corrected chi connectivity index (χ1v) is 8.23. The smallest absolute Gasteiger partial charge is 0.417 e. The maximum Gasteiger partial charge on any atom is 0.417 e. The number of anilines is 1. The van der Waals surface area contributed by atoms with Crippen LogP contribution in [0.15, 0.2) is 35.1 Å². The molecule has 11 heteroatoms. The number of rotatable bonds is 4. The molecular formula is C17H21Cl2F3N4O2. The fraction of sp³-hybridized carbons (Fsp3) is 0.412. The van der Waals surface area contributed by atoms with Crippen LogP contribution < -0.4 is 16.0 Å². The normalized spacial score (nSPS) is 14.8. The molecule has 1 fully saturated rings. The van der Waals surface area contributed by atoms with Crippen molar-refractivity contribution >= 4 is 36.5 Å². The van der Waals surface area contributed by atoms with Gasteiger partial charge in [0.25, 0.3) is 5.91 Å². The molecule has 3 heterocycles. The molecule has 0 aliphatic carbocycles. The topological polar surface area (TPSA) is 84.4 Å². The molecule has 156 valence electrons. The van der Waals surface area contributed by atoms with E-state index in [2.05, 4.69) is 10.3 Å². The van der Waals surface area contributed by atoms with Gasteiger partial charge in [0.2, 0.25) is 0 Å². The molecule has 28 heavy (non-hydrogen) atoms. The molecule has 0 saturated carbocycles. The zero-order valence-corrected chi connectivity index (χ0v) is 16.4. The number of nitrogens with zero attached hydrogens (tertiary/aromatic N) is 2. The quantitative estimate of drug-likeness (QED) is 0.760. The first kappa shape index (κ1) is 24.1. The third-order valence-corrected chi connectivity index (χ3v) is 4.35. The van der Waals surface area contributed by atoms with Gasteiger partial charge in [-0.2, -0.15) is 13.2 Å². The van der Waals surface area contributed by atoms with Gasteiger partial charge in [-0.25, -0.2) is 4.98 Å². The first-order chi connectivity index (χ1) is 12.4. The molecule has 1 amide bonds. The number of piperidine rings is 1. The largest absolute Gasteiger partial charge is 0.467 e. The minimum atomic E-state index is -4.39. The van der Waals surface area contributed by atoms with Gasteiger partial charge in [0, 0.05) is 25.3 Å². The Kier molecular flexibility index (Phi) is 8.59. The van der Waals surface area contributed by atoms with Gasteiger partial charge in [0.05, 0.1) is 17.7 Å². The van der Waals surface area contributed by atoms with Crippen molar-refractivity contribution < 1.29 is 22.4 Å². The Labute approximate surface area is 172 Å². The summed E-state index contributed by atoms with van der Waals surface area (Å²) in [5.74, 6) is 0.822. The van der Waals surface area contributed by atoms with Crippen molar-refractivity contribution in [3.63, 3.8) is 0 Å². The molecule has 1 aliphatic rings. The standard InChI is InChI=1S/C17H19F3N4O2.2ClH/c18-17(19,20)12-1-2-15(22-9-12)24-5-3-13(4-6-24)23-16(25)11-7-14(8-21)26-10-11;;/h1-2,7,9-10,13H,3-6,8,21H2,(H,23,25);2*1H. The molecule has 0 aromatic carbocycles. The summed E-state index contributed by atoms with van der Waals surface area (Å²) in [5.41, 5.74) is 5.12. The second-order valence-corrected chi connectivity index (χ2v) is 6.14. The van der Waals surface area contributed by atoms with E-state index in [1.54, 1.807) is 6.07 Å². The number of halogens is 5. The van der Waals surface area contributed by atoms with Crippen LogP contribution in [-0.2, 0) is 12.7 Å². The summed E-state index contributed by atoms with van der Waals surface area (Å²) >= 11 is 0. The highest BCUT2D eigenvalue weighted by molar-refractivity contribution is 5.94. The molecule has 0 unspecified atom stereocenters. The maximum atomic E-state index is 12.6. The van der Waals surface area contributed by atoms with Gasteiger partial charge in [0.15, 0.2) is 0 Å². The molecule has 0 atom stereocenters. The Morgan fingerprint density at radius 2 is 1.96 bits per heavy atom. The summed E-state index contributed by atoms with van der Waals surface area (Å²) in [5, 5.41) is 2.94. The molecule has 1 aliphatic heterocycles. The van der Waals surface area contributed by atoms with Crippen molar-refractivity contribution in [3.8, 4) is 0 Å². The monoisotopic (exact) mass is 440 g/mol. The highest BCUT2D eigenvalue weighted by Crippen LogP contribution is 2.29. The number of nitrogens with one attached hydrogen (secondary N) is 1. The third kappa shape index (κ3) is 5.76. The summed E-state index contributed by atoms with van der Waals surface area (Å²) in [7, 11) is 0. The lowest BCUT2D eigenvalue weighted by Gasteiger charge is -2.33. The summed E-state index contributed by atoms with van der Waals surface area (Å²) in [4.78, 5) is 18.0. The van der Waals surface area contributed by atoms with E-state index in [1.807, 2.05) is 4.90 Å². The van der Waals surface area contributed by atoms with Crippen molar-refractivity contribution in [2.75, 3.05) is 18.0 Å². The lowest BCUT2D eigenvalue weighted by atomic mass is 10.0. The average Bonchev–Trinajstić information content (AvgIpc) is 3.11. The van der Waals surface area contributed by atoms with E-state index in [0.717, 1.165) is 12.3 Å². The van der Waals surface area contributed by atoms with Gasteiger partial charge in [-0.05, 0) is 31.0 Å². The first-order valence-electron chi connectivity index (χ1n) is 8.23. The summed E-state index contributed by atoms with van der Waals surface area (Å²) in [6.45, 7) is 1.43. The van der Waals surface area contributed by atoms with Crippen molar-refractivity contribution in [1.29, 1.82) is 0 Å². The van der Waals surface area contributed by atoms with Crippen LogP contribution in [0.4, 0.5) is 19.0 Å². The maximum absolute atomic E-state index is 12.6. The van der Waals surface area contributed by atoms with E-state index in [0.29, 0.717) is 43.1 Å². The molecule has 0 bridgehead atoms. The molecule has 3 rings (SSSR count). The molecule has 3 N–H and O–H groups in total. The van der Waals surface area contributed by atoms with Gasteiger partial charge in [-0.1, -0.05) is 0 Å². The Hall–Kier alpha value is -1.97. The van der Waals surface area contributed by atoms with E-state index < -0.39 is 11.7 Å². The highest BCUT2D eigenvalue weighted by atomic mass is 35.5. The Balaban J connectivity index is 0.00000196. The molecule has 2 aromatic rings. The SMILES string of the molecule is Cl.Cl.NCc1cc(C(=O)NC2CCN(c3ccc(C(F)(F)F)cn3)CC2)co1. The van der Waals surface area contributed by atoms with Crippen LogP contribution >= 0.6 is 24.8 Å². The number of aromatic nitrogens is 1. The summed E-state index contributed by atoms with van der Waals surface area (Å²) < 4.78 is 42.9. The lowest BCUT2D eigenvalue weighted by molar-refractivity contribution is -0.137. The Morgan fingerprint density at radius 3 is 2.46 bits per heavy atom. The summed E-state index contributed by atoms with van der Waals surface area (Å²) in [6, 6.07) is 4.01. The van der Waals surface area contributed by atoms with Crippen LogP contribution in [0.3, 0.4) is 0 Å². The van der Waals surface area contributed by atoms with Crippen LogP contribution in [0.25, 0.3) is 0 Å². The second kappa shape index (κ2) is 9.99. The van der Waals surface area contributed by atoms with Gasteiger partial charge >= 0.3 is 6.18 Å². The van der Waals surface area contributed by atoms with Crippen LogP contribution in [0.1, 0.15) is 34.5 Å². The minimum Gasteiger partial charge on any atom is -0.467 e. The number of amides is 1. The van der Waals surface area contributed by atoms with E-state index in [4.69, 9.17) is 10.2 Å². The molecule has 6 nitrogen and oxygen atoms in total. The molecule has 2 aromatic heterocycles. The van der Waals surface area contributed by atoms with Crippen molar-refractivity contribution in [2.45, 2.75) is 31.6 Å². The predicted molar refractivity (Wildman–Crippen MR) is 103 cm³/mol. The Morgan fingerprint density at radius 1 is 1.29 bits per heavy atom. The van der Waals surface area contributed by atoms with Crippen molar-refractivity contribution in [3.05, 3.63) is 47.5 Å². The minimum absolute atomic E-state index is 0. The van der Waals surface area contributed by atoms with Crippen LogP contribution in [0.2, 0.25) is 0 Å². The Bertz CT molecular complexity index is 761. The number of carbonyl (C=O) groups is 1. The van der Waals surface area contributed by atoms with Gasteiger partial charge in [-0.3, -0.25) is 4.79 Å². The van der Waals surface area contributed by atoms with E-state index in [9.17, 15) is 18.0 Å². The fourth-order valence-electron chi connectivity index (χ4n) is 2.87.